The molecule has 0 saturated carbocycles. The topological polar surface area (TPSA) is 76.0 Å². The minimum Gasteiger partial charge on any atom is -0.493 e. The molecule has 0 fully saturated rings. The van der Waals surface area contributed by atoms with Crippen LogP contribution < -0.4 is 9.47 Å². The molecule has 8 heteroatoms. The fraction of sp³-hybridized carbons (Fsp3) is 0.364. The predicted octanol–water partition coefficient (Wildman–Crippen LogP) is 1.70. The Kier molecular flexibility index (Phi) is 4.60. The first kappa shape index (κ1) is 15.1. The average molecular weight is 280 g/mol. The standard InChI is InChI=1S/C11H11F3O5/c1-18-8-4-6(10(16)17)2-3-7(8)19-5-9(15)11(12,13)14/h2-4,9,15H,5H2,1H3,(H,16,17). The Morgan fingerprint density at radius 3 is 2.47 bits per heavy atom. The van der Waals surface area contributed by atoms with Gasteiger partial charge in [-0.25, -0.2) is 4.79 Å². The Labute approximate surface area is 106 Å². The largest absolute Gasteiger partial charge is 0.493 e. The first-order chi connectivity index (χ1) is 8.75. The number of aliphatic hydroxyl groups excluding tert-OH is 1. The van der Waals surface area contributed by atoms with Gasteiger partial charge in [0, 0.05) is 0 Å². The second-order valence-electron chi connectivity index (χ2n) is 3.54. The van der Waals surface area contributed by atoms with Crippen molar-refractivity contribution in [1.29, 1.82) is 0 Å². The molecule has 0 saturated heterocycles. The summed E-state index contributed by atoms with van der Waals surface area (Å²) in [7, 11) is 1.22. The van der Waals surface area contributed by atoms with Gasteiger partial charge in [0.2, 0.25) is 0 Å². The van der Waals surface area contributed by atoms with Gasteiger partial charge < -0.3 is 19.7 Å². The summed E-state index contributed by atoms with van der Waals surface area (Å²) < 4.78 is 45.8. The van der Waals surface area contributed by atoms with Crippen molar-refractivity contribution in [3.05, 3.63) is 23.8 Å². The minimum absolute atomic E-state index is 0.0331. The van der Waals surface area contributed by atoms with Crippen LogP contribution in [-0.4, -0.2) is 42.2 Å². The van der Waals surface area contributed by atoms with E-state index in [4.69, 9.17) is 19.7 Å². The summed E-state index contributed by atoms with van der Waals surface area (Å²) in [6.07, 6.45) is -7.41. The fourth-order valence-electron chi connectivity index (χ4n) is 1.18. The molecule has 0 radical (unpaired) electrons. The van der Waals surface area contributed by atoms with E-state index in [1.54, 1.807) is 0 Å². The highest BCUT2D eigenvalue weighted by Crippen LogP contribution is 2.29. The van der Waals surface area contributed by atoms with E-state index in [0.29, 0.717) is 0 Å². The van der Waals surface area contributed by atoms with Crippen LogP contribution in [0.25, 0.3) is 0 Å². The van der Waals surface area contributed by atoms with Crippen LogP contribution in [0.15, 0.2) is 18.2 Å². The second kappa shape index (κ2) is 5.79. The maximum Gasteiger partial charge on any atom is 0.417 e. The number of hydrogen-bond acceptors (Lipinski definition) is 4. The molecule has 0 aliphatic heterocycles. The van der Waals surface area contributed by atoms with Crippen molar-refractivity contribution in [2.24, 2.45) is 0 Å². The number of carboxylic acids is 1. The van der Waals surface area contributed by atoms with E-state index < -0.39 is 24.9 Å². The lowest BCUT2D eigenvalue weighted by Gasteiger charge is -2.16. The molecule has 0 heterocycles. The zero-order valence-corrected chi connectivity index (χ0v) is 9.77. The van der Waals surface area contributed by atoms with Crippen molar-refractivity contribution >= 4 is 5.97 Å². The molecule has 0 bridgehead atoms. The van der Waals surface area contributed by atoms with Crippen molar-refractivity contribution in [2.45, 2.75) is 12.3 Å². The number of hydrogen-bond donors (Lipinski definition) is 2. The number of halogens is 3. The molecule has 106 valence electrons. The molecule has 0 aliphatic carbocycles. The Morgan fingerprint density at radius 1 is 1.37 bits per heavy atom. The van der Waals surface area contributed by atoms with Crippen molar-refractivity contribution in [1.82, 2.24) is 0 Å². The summed E-state index contributed by atoms with van der Waals surface area (Å²) in [5.41, 5.74) is -0.0967. The van der Waals surface area contributed by atoms with Crippen LogP contribution in [0.5, 0.6) is 11.5 Å². The highest BCUT2D eigenvalue weighted by atomic mass is 19.4. The van der Waals surface area contributed by atoms with Crippen LogP contribution in [0.1, 0.15) is 10.4 Å². The quantitative estimate of drug-likeness (QED) is 0.858. The molecule has 1 aromatic carbocycles. The van der Waals surface area contributed by atoms with E-state index in [-0.39, 0.29) is 17.1 Å². The molecular weight excluding hydrogens is 269 g/mol. The molecule has 0 amide bonds. The van der Waals surface area contributed by atoms with E-state index in [2.05, 4.69) is 0 Å². The number of benzene rings is 1. The van der Waals surface area contributed by atoms with Gasteiger partial charge in [0.25, 0.3) is 0 Å². The third-order valence-electron chi connectivity index (χ3n) is 2.19. The van der Waals surface area contributed by atoms with Crippen LogP contribution in [0.3, 0.4) is 0 Å². The number of alkyl halides is 3. The average Bonchev–Trinajstić information content (AvgIpc) is 2.34. The number of aromatic carboxylic acids is 1. The Morgan fingerprint density at radius 2 is 2.00 bits per heavy atom. The van der Waals surface area contributed by atoms with Crippen molar-refractivity contribution in [2.75, 3.05) is 13.7 Å². The van der Waals surface area contributed by atoms with Crippen LogP contribution in [0.4, 0.5) is 13.2 Å². The van der Waals surface area contributed by atoms with Crippen LogP contribution in [0, 0.1) is 0 Å². The Hall–Kier alpha value is -1.96. The molecule has 19 heavy (non-hydrogen) atoms. The molecule has 0 aromatic heterocycles. The number of aliphatic hydroxyl groups is 1. The van der Waals surface area contributed by atoms with Gasteiger partial charge in [-0.2, -0.15) is 13.2 Å². The van der Waals surface area contributed by atoms with Crippen LogP contribution >= 0.6 is 0 Å². The van der Waals surface area contributed by atoms with Gasteiger partial charge in [0.05, 0.1) is 12.7 Å². The van der Waals surface area contributed by atoms with Crippen molar-refractivity contribution < 1.29 is 37.7 Å². The van der Waals surface area contributed by atoms with Gasteiger partial charge in [-0.05, 0) is 18.2 Å². The van der Waals surface area contributed by atoms with Crippen LogP contribution in [-0.2, 0) is 0 Å². The Bertz CT molecular complexity index is 458. The zero-order chi connectivity index (χ0) is 14.6. The first-order valence-corrected chi connectivity index (χ1v) is 5.04. The minimum atomic E-state index is -4.78. The maximum atomic E-state index is 12.1. The highest BCUT2D eigenvalue weighted by Gasteiger charge is 2.38. The van der Waals surface area contributed by atoms with Crippen molar-refractivity contribution in [3.8, 4) is 11.5 Å². The van der Waals surface area contributed by atoms with Gasteiger partial charge >= 0.3 is 12.1 Å². The molecule has 2 N–H and O–H groups in total. The fourth-order valence-corrected chi connectivity index (χ4v) is 1.18. The van der Waals surface area contributed by atoms with Gasteiger partial charge in [-0.15, -0.1) is 0 Å². The van der Waals surface area contributed by atoms with E-state index in [0.717, 1.165) is 18.2 Å². The highest BCUT2D eigenvalue weighted by molar-refractivity contribution is 5.88. The molecule has 5 nitrogen and oxygen atoms in total. The summed E-state index contributed by atoms with van der Waals surface area (Å²) in [6, 6.07) is 3.42. The third-order valence-corrected chi connectivity index (χ3v) is 2.19. The SMILES string of the molecule is COc1cc(C(=O)O)ccc1OCC(O)C(F)(F)F. The van der Waals surface area contributed by atoms with Gasteiger partial charge in [-0.3, -0.25) is 0 Å². The normalized spacial score (nSPS) is 12.9. The summed E-state index contributed by atoms with van der Waals surface area (Å²) >= 11 is 0. The Balaban J connectivity index is 2.82. The van der Waals surface area contributed by atoms with Gasteiger partial charge in [-0.1, -0.05) is 0 Å². The van der Waals surface area contributed by atoms with Gasteiger partial charge in [0.1, 0.15) is 6.61 Å². The smallest absolute Gasteiger partial charge is 0.417 e. The number of ether oxygens (including phenoxy) is 2. The summed E-state index contributed by atoms with van der Waals surface area (Å²) in [5, 5.41) is 17.5. The lowest BCUT2D eigenvalue weighted by Crippen LogP contribution is -2.34. The van der Waals surface area contributed by atoms with Crippen molar-refractivity contribution in [3.63, 3.8) is 0 Å². The monoisotopic (exact) mass is 280 g/mol. The number of methoxy groups -OCH3 is 1. The molecule has 0 spiro atoms. The maximum absolute atomic E-state index is 12.1. The lowest BCUT2D eigenvalue weighted by atomic mass is 10.2. The van der Waals surface area contributed by atoms with E-state index in [1.807, 2.05) is 0 Å². The number of carbonyl (C=O) groups is 1. The molecule has 1 aromatic rings. The van der Waals surface area contributed by atoms with Gasteiger partial charge in [0.15, 0.2) is 17.6 Å². The van der Waals surface area contributed by atoms with Crippen LogP contribution in [0.2, 0.25) is 0 Å². The summed E-state index contributed by atoms with van der Waals surface area (Å²) in [6.45, 7) is -1.01. The molecule has 1 atom stereocenters. The predicted molar refractivity (Wildman–Crippen MR) is 57.5 cm³/mol. The molecule has 1 rings (SSSR count). The van der Waals surface area contributed by atoms with E-state index in [1.165, 1.54) is 7.11 Å². The lowest BCUT2D eigenvalue weighted by molar-refractivity contribution is -0.210. The first-order valence-electron chi connectivity index (χ1n) is 5.04. The summed E-state index contributed by atoms with van der Waals surface area (Å²) in [4.78, 5) is 10.7. The molecule has 1 unspecified atom stereocenters. The molecule has 0 aliphatic rings. The van der Waals surface area contributed by atoms with E-state index in [9.17, 15) is 18.0 Å². The zero-order valence-electron chi connectivity index (χ0n) is 9.77. The third kappa shape index (κ3) is 4.02. The summed E-state index contributed by atoms with van der Waals surface area (Å²) in [5.74, 6) is -1.33. The number of rotatable bonds is 5. The number of carboxylic acid groups (broad SMARTS) is 1. The van der Waals surface area contributed by atoms with E-state index >= 15 is 0 Å². The second-order valence-corrected chi connectivity index (χ2v) is 3.54. The molecular formula is C11H11F3O5.